The van der Waals surface area contributed by atoms with Crippen molar-refractivity contribution in [2.75, 3.05) is 12.9 Å². The van der Waals surface area contributed by atoms with Gasteiger partial charge in [0.15, 0.2) is 0 Å². The molecule has 0 unspecified atom stereocenters. The number of benzene rings is 2. The summed E-state index contributed by atoms with van der Waals surface area (Å²) >= 11 is 0. The number of aromatic nitrogens is 2. The molecule has 24 heavy (non-hydrogen) atoms. The second-order valence-corrected chi connectivity index (χ2v) is 6.81. The van der Waals surface area contributed by atoms with Crippen LogP contribution in [0.2, 0.25) is 0 Å². The zero-order valence-electron chi connectivity index (χ0n) is 13.3. The van der Waals surface area contributed by atoms with E-state index >= 15 is 0 Å². The van der Waals surface area contributed by atoms with Gasteiger partial charge in [0.25, 0.3) is 0 Å². The largest absolute Gasteiger partial charge is 0.496 e. The van der Waals surface area contributed by atoms with Gasteiger partial charge in [0.05, 0.1) is 12.7 Å². The molecule has 0 fully saturated rings. The first-order valence-corrected chi connectivity index (χ1v) is 9.10. The summed E-state index contributed by atoms with van der Waals surface area (Å²) in [4.78, 5) is 4.33. The van der Waals surface area contributed by atoms with Crippen molar-refractivity contribution in [3.63, 3.8) is 0 Å². The van der Waals surface area contributed by atoms with Gasteiger partial charge in [-0.2, -0.15) is 4.98 Å². The summed E-state index contributed by atoms with van der Waals surface area (Å²) in [7, 11) is 0.547. The summed E-state index contributed by atoms with van der Waals surface area (Å²) in [5.41, 5.74) is 1.93. The molecule has 1 aromatic heterocycles. The predicted octanol–water partition coefficient (Wildman–Crippen LogP) is 3.24. The number of ether oxygens (including phenoxy) is 1. The van der Waals surface area contributed by atoms with Gasteiger partial charge >= 0.3 is 0 Å². The lowest BCUT2D eigenvalue weighted by atomic mass is 10.2. The number of para-hydroxylation sites is 1. The van der Waals surface area contributed by atoms with Gasteiger partial charge < -0.3 is 9.26 Å². The van der Waals surface area contributed by atoms with Crippen LogP contribution in [0.4, 0.5) is 0 Å². The Morgan fingerprint density at radius 2 is 1.83 bits per heavy atom. The van der Waals surface area contributed by atoms with E-state index in [1.54, 1.807) is 7.11 Å². The highest BCUT2D eigenvalue weighted by atomic mass is 32.2. The monoisotopic (exact) mass is 342 g/mol. The van der Waals surface area contributed by atoms with Gasteiger partial charge in [-0.3, -0.25) is 4.21 Å². The highest BCUT2D eigenvalue weighted by molar-refractivity contribution is 7.84. The van der Waals surface area contributed by atoms with Crippen molar-refractivity contribution in [1.82, 2.24) is 10.1 Å². The van der Waals surface area contributed by atoms with Gasteiger partial charge in [-0.1, -0.05) is 47.6 Å². The summed E-state index contributed by atoms with van der Waals surface area (Å²) in [6, 6.07) is 17.5. The molecule has 0 spiro atoms. The third kappa shape index (κ3) is 4.08. The zero-order valence-corrected chi connectivity index (χ0v) is 14.2. The molecule has 0 saturated heterocycles. The first-order chi connectivity index (χ1) is 11.8. The van der Waals surface area contributed by atoms with E-state index in [-0.39, 0.29) is 5.75 Å². The molecule has 3 rings (SSSR count). The van der Waals surface area contributed by atoms with Crippen LogP contribution in [-0.4, -0.2) is 27.2 Å². The van der Waals surface area contributed by atoms with Crippen molar-refractivity contribution in [3.8, 4) is 17.1 Å². The van der Waals surface area contributed by atoms with Crippen LogP contribution in [0.15, 0.2) is 59.1 Å². The maximum Gasteiger partial charge on any atom is 0.239 e. The Balaban J connectivity index is 1.62. The molecule has 6 heteroatoms. The quantitative estimate of drug-likeness (QED) is 0.659. The van der Waals surface area contributed by atoms with Crippen LogP contribution in [0.3, 0.4) is 0 Å². The van der Waals surface area contributed by atoms with Crippen LogP contribution in [0.1, 0.15) is 11.5 Å². The Hall–Kier alpha value is -2.47. The Morgan fingerprint density at radius 1 is 1.08 bits per heavy atom. The molecule has 1 atom stereocenters. The molecule has 124 valence electrons. The lowest BCUT2D eigenvalue weighted by molar-refractivity contribution is 0.389. The van der Waals surface area contributed by atoms with E-state index in [2.05, 4.69) is 10.1 Å². The van der Waals surface area contributed by atoms with Gasteiger partial charge in [-0.25, -0.2) is 0 Å². The summed E-state index contributed by atoms with van der Waals surface area (Å²) in [5.74, 6) is 2.32. The van der Waals surface area contributed by atoms with Crippen molar-refractivity contribution >= 4 is 10.8 Å². The molecule has 0 amide bonds. The molecule has 0 N–H and O–H groups in total. The lowest BCUT2D eigenvalue weighted by Crippen LogP contribution is -2.04. The summed E-state index contributed by atoms with van der Waals surface area (Å²) < 4.78 is 22.7. The van der Waals surface area contributed by atoms with Crippen LogP contribution in [0, 0.1) is 0 Å². The van der Waals surface area contributed by atoms with Crippen molar-refractivity contribution in [2.45, 2.75) is 12.2 Å². The predicted molar refractivity (Wildman–Crippen MR) is 93.1 cm³/mol. The molecule has 3 aromatic rings. The second-order valence-electron chi connectivity index (χ2n) is 5.24. The van der Waals surface area contributed by atoms with E-state index < -0.39 is 10.8 Å². The van der Waals surface area contributed by atoms with Gasteiger partial charge in [-0.15, -0.1) is 0 Å². The Morgan fingerprint density at radius 3 is 2.62 bits per heavy atom. The summed E-state index contributed by atoms with van der Waals surface area (Å²) in [6.45, 7) is 0. The molecule has 0 radical (unpaired) electrons. The topological polar surface area (TPSA) is 65.2 Å². The third-order valence-electron chi connectivity index (χ3n) is 3.56. The normalized spacial score (nSPS) is 12.0. The fourth-order valence-corrected chi connectivity index (χ4v) is 3.34. The van der Waals surface area contributed by atoms with Crippen LogP contribution in [0.5, 0.6) is 5.75 Å². The highest BCUT2D eigenvalue weighted by Gasteiger charge is 2.14. The van der Waals surface area contributed by atoms with E-state index in [0.717, 1.165) is 12.0 Å². The average molecular weight is 342 g/mol. The van der Waals surface area contributed by atoms with E-state index in [4.69, 9.17) is 9.26 Å². The van der Waals surface area contributed by atoms with Crippen LogP contribution in [0.25, 0.3) is 11.4 Å². The molecule has 1 heterocycles. The van der Waals surface area contributed by atoms with Crippen molar-refractivity contribution in [1.29, 1.82) is 0 Å². The Bertz CT molecular complexity index is 818. The maximum absolute atomic E-state index is 12.2. The van der Waals surface area contributed by atoms with Crippen molar-refractivity contribution in [2.24, 2.45) is 0 Å². The van der Waals surface area contributed by atoms with E-state index in [1.807, 2.05) is 54.6 Å². The van der Waals surface area contributed by atoms with Crippen molar-refractivity contribution in [3.05, 3.63) is 66.1 Å². The molecule has 0 bridgehead atoms. The Kier molecular flexibility index (Phi) is 5.38. The maximum atomic E-state index is 12.2. The van der Waals surface area contributed by atoms with E-state index in [1.165, 1.54) is 5.56 Å². The van der Waals surface area contributed by atoms with Crippen LogP contribution >= 0.6 is 0 Å². The molecule has 0 aliphatic rings. The molecule has 0 aliphatic carbocycles. The van der Waals surface area contributed by atoms with Gasteiger partial charge in [0.2, 0.25) is 11.7 Å². The van der Waals surface area contributed by atoms with Crippen LogP contribution < -0.4 is 4.74 Å². The summed E-state index contributed by atoms with van der Waals surface area (Å²) in [5, 5.41) is 3.97. The van der Waals surface area contributed by atoms with E-state index in [0.29, 0.717) is 23.2 Å². The van der Waals surface area contributed by atoms with Crippen LogP contribution in [-0.2, 0) is 23.0 Å². The second kappa shape index (κ2) is 7.88. The minimum absolute atomic E-state index is 0.259. The number of aryl methyl sites for hydroxylation is 1. The SMILES string of the molecule is COc1ccccc1-c1noc(C[S@@](=O)CCc2ccccc2)n1. The van der Waals surface area contributed by atoms with Gasteiger partial charge in [0, 0.05) is 16.6 Å². The fraction of sp³-hybridized carbons (Fsp3) is 0.222. The van der Waals surface area contributed by atoms with Crippen molar-refractivity contribution < 1.29 is 13.5 Å². The molecular weight excluding hydrogens is 324 g/mol. The number of methoxy groups -OCH3 is 1. The molecule has 2 aromatic carbocycles. The van der Waals surface area contributed by atoms with Gasteiger partial charge in [-0.05, 0) is 24.1 Å². The number of nitrogens with zero attached hydrogens (tertiary/aromatic N) is 2. The fourth-order valence-electron chi connectivity index (χ4n) is 2.34. The number of rotatable bonds is 7. The standard InChI is InChI=1S/C18H18N2O3S/c1-22-16-10-6-5-9-15(16)18-19-17(23-20-18)13-24(21)12-11-14-7-3-2-4-8-14/h2-10H,11-13H2,1H3/t24-/m0/s1. The molecular formula is C18H18N2O3S. The summed E-state index contributed by atoms with van der Waals surface area (Å²) in [6.07, 6.45) is 0.765. The minimum Gasteiger partial charge on any atom is -0.496 e. The smallest absolute Gasteiger partial charge is 0.239 e. The minimum atomic E-state index is -1.05. The number of hydrogen-bond acceptors (Lipinski definition) is 5. The average Bonchev–Trinajstić information content (AvgIpc) is 3.09. The molecule has 0 saturated carbocycles. The first-order valence-electron chi connectivity index (χ1n) is 7.61. The highest BCUT2D eigenvalue weighted by Crippen LogP contribution is 2.27. The Labute approximate surface area is 143 Å². The zero-order chi connectivity index (χ0) is 16.8. The van der Waals surface area contributed by atoms with Gasteiger partial charge in [0.1, 0.15) is 11.5 Å². The molecule has 0 aliphatic heterocycles. The molecule has 5 nitrogen and oxygen atoms in total. The number of hydrogen-bond donors (Lipinski definition) is 0. The third-order valence-corrected chi connectivity index (χ3v) is 4.79. The lowest BCUT2D eigenvalue weighted by Gasteiger charge is -2.03. The first kappa shape index (κ1) is 16.4. The van der Waals surface area contributed by atoms with E-state index in [9.17, 15) is 4.21 Å².